The molecule has 29 heavy (non-hydrogen) atoms. The minimum Gasteiger partial charge on any atom is -0.354 e. The van der Waals surface area contributed by atoms with Crippen LogP contribution in [-0.2, 0) is 17.9 Å². The molecular formula is C20H17ClF2N4O2. The van der Waals surface area contributed by atoms with Crippen molar-refractivity contribution in [1.82, 2.24) is 20.4 Å². The highest BCUT2D eigenvalue weighted by atomic mass is 35.5. The summed E-state index contributed by atoms with van der Waals surface area (Å²) in [6.45, 7) is -0.115. The van der Waals surface area contributed by atoms with Gasteiger partial charge in [0.1, 0.15) is 23.9 Å². The summed E-state index contributed by atoms with van der Waals surface area (Å²) < 4.78 is 28.2. The van der Waals surface area contributed by atoms with Gasteiger partial charge in [-0.25, -0.2) is 13.5 Å². The Balaban J connectivity index is 1.79. The number of benzene rings is 2. The lowest BCUT2D eigenvalue weighted by molar-refractivity contribution is -0.122. The van der Waals surface area contributed by atoms with Gasteiger partial charge in [-0.1, -0.05) is 29.8 Å². The summed E-state index contributed by atoms with van der Waals surface area (Å²) in [5.41, 5.74) is 1.47. The van der Waals surface area contributed by atoms with E-state index in [1.807, 2.05) is 0 Å². The van der Waals surface area contributed by atoms with Gasteiger partial charge in [-0.15, -0.1) is 0 Å². The molecule has 9 heteroatoms. The highest BCUT2D eigenvalue weighted by Gasteiger charge is 2.18. The molecule has 1 heterocycles. The van der Waals surface area contributed by atoms with Gasteiger partial charge in [-0.2, -0.15) is 5.10 Å². The van der Waals surface area contributed by atoms with Gasteiger partial charge in [0.25, 0.3) is 5.91 Å². The Morgan fingerprint density at radius 2 is 1.93 bits per heavy atom. The number of rotatable bonds is 6. The predicted octanol–water partition coefficient (Wildman–Crippen LogP) is 3.16. The summed E-state index contributed by atoms with van der Waals surface area (Å²) in [7, 11) is 1.45. The number of nitrogens with zero attached hydrogens (tertiary/aromatic N) is 2. The van der Waals surface area contributed by atoms with Crippen LogP contribution < -0.4 is 10.6 Å². The molecule has 0 spiro atoms. The molecule has 0 aliphatic rings. The summed E-state index contributed by atoms with van der Waals surface area (Å²) in [5.74, 6) is -1.88. The number of hydrogen-bond donors (Lipinski definition) is 2. The lowest BCUT2D eigenvalue weighted by Gasteiger charge is -2.08. The molecule has 0 aliphatic carbocycles. The topological polar surface area (TPSA) is 76.0 Å². The lowest BCUT2D eigenvalue weighted by Crippen LogP contribution is -2.30. The Morgan fingerprint density at radius 3 is 2.62 bits per heavy atom. The molecule has 0 aliphatic heterocycles. The van der Waals surface area contributed by atoms with Gasteiger partial charge >= 0.3 is 0 Å². The van der Waals surface area contributed by atoms with E-state index in [1.165, 1.54) is 42.1 Å². The van der Waals surface area contributed by atoms with Gasteiger partial charge in [0.15, 0.2) is 0 Å². The van der Waals surface area contributed by atoms with Crippen molar-refractivity contribution in [3.63, 3.8) is 0 Å². The molecule has 3 aromatic rings. The maximum absolute atomic E-state index is 13.8. The summed E-state index contributed by atoms with van der Waals surface area (Å²) in [6, 6.07) is 11.5. The number of nitrogens with one attached hydrogen (secondary N) is 2. The molecule has 0 radical (unpaired) electrons. The van der Waals surface area contributed by atoms with Crippen LogP contribution >= 0.6 is 11.6 Å². The number of carbonyl (C=O) groups excluding carboxylic acids is 2. The van der Waals surface area contributed by atoms with E-state index in [0.717, 1.165) is 0 Å². The van der Waals surface area contributed by atoms with Crippen LogP contribution in [0.5, 0.6) is 0 Å². The average Bonchev–Trinajstić information content (AvgIpc) is 3.11. The smallest absolute Gasteiger partial charge is 0.269 e. The molecule has 0 bridgehead atoms. The predicted molar refractivity (Wildman–Crippen MR) is 104 cm³/mol. The van der Waals surface area contributed by atoms with E-state index in [9.17, 15) is 18.4 Å². The fraction of sp³-hybridized carbons (Fsp3) is 0.150. The minimum atomic E-state index is -0.618. The number of amides is 2. The second kappa shape index (κ2) is 8.83. The molecule has 0 unspecified atom stereocenters. The van der Waals surface area contributed by atoms with E-state index in [2.05, 4.69) is 15.7 Å². The molecule has 2 N–H and O–H groups in total. The third-order valence-corrected chi connectivity index (χ3v) is 4.43. The largest absolute Gasteiger partial charge is 0.354 e. The Hall–Kier alpha value is -3.26. The van der Waals surface area contributed by atoms with Gasteiger partial charge in [-0.3, -0.25) is 9.59 Å². The van der Waals surface area contributed by atoms with E-state index in [4.69, 9.17) is 11.6 Å². The van der Waals surface area contributed by atoms with Gasteiger partial charge < -0.3 is 10.6 Å². The highest BCUT2D eigenvalue weighted by molar-refractivity contribution is 6.30. The maximum atomic E-state index is 13.8. The molecule has 3 rings (SSSR count). The first-order chi connectivity index (χ1) is 13.9. The van der Waals surface area contributed by atoms with Crippen molar-refractivity contribution in [2.75, 3.05) is 7.05 Å². The number of hydrogen-bond acceptors (Lipinski definition) is 3. The molecule has 0 saturated heterocycles. The molecule has 1 aromatic heterocycles. The Labute approximate surface area is 170 Å². The van der Waals surface area contributed by atoms with Gasteiger partial charge in [0, 0.05) is 19.2 Å². The van der Waals surface area contributed by atoms with Crippen molar-refractivity contribution in [2.45, 2.75) is 13.1 Å². The summed E-state index contributed by atoms with van der Waals surface area (Å²) in [5, 5.41) is 9.35. The number of carbonyl (C=O) groups is 2. The summed E-state index contributed by atoms with van der Waals surface area (Å²) in [4.78, 5) is 24.5. The fourth-order valence-electron chi connectivity index (χ4n) is 2.68. The summed E-state index contributed by atoms with van der Waals surface area (Å²) in [6.07, 6.45) is 0. The first-order valence-electron chi connectivity index (χ1n) is 8.64. The van der Waals surface area contributed by atoms with E-state index < -0.39 is 23.4 Å². The zero-order chi connectivity index (χ0) is 21.0. The molecule has 0 atom stereocenters. The van der Waals surface area contributed by atoms with Gasteiger partial charge in [0.2, 0.25) is 5.91 Å². The van der Waals surface area contributed by atoms with E-state index in [-0.39, 0.29) is 23.8 Å². The van der Waals surface area contributed by atoms with Crippen molar-refractivity contribution < 1.29 is 18.4 Å². The fourth-order valence-corrected chi connectivity index (χ4v) is 2.80. The number of halogens is 3. The Kier molecular flexibility index (Phi) is 6.23. The molecule has 0 saturated carbocycles. The average molecular weight is 419 g/mol. The molecule has 6 nitrogen and oxygen atoms in total. The first kappa shape index (κ1) is 20.5. The summed E-state index contributed by atoms with van der Waals surface area (Å²) >= 11 is 5.70. The van der Waals surface area contributed by atoms with Gasteiger partial charge in [-0.05, 0) is 35.9 Å². The lowest BCUT2D eigenvalue weighted by atomic mass is 10.1. The third kappa shape index (κ3) is 4.97. The maximum Gasteiger partial charge on any atom is 0.269 e. The van der Waals surface area contributed by atoms with E-state index in [0.29, 0.717) is 16.8 Å². The quantitative estimate of drug-likeness (QED) is 0.645. The van der Waals surface area contributed by atoms with Crippen LogP contribution in [0.25, 0.3) is 11.3 Å². The second-order valence-corrected chi connectivity index (χ2v) is 6.59. The molecule has 150 valence electrons. The van der Waals surface area contributed by atoms with Crippen LogP contribution in [0.15, 0.2) is 48.5 Å². The second-order valence-electron chi connectivity index (χ2n) is 6.19. The van der Waals surface area contributed by atoms with Crippen LogP contribution in [0.1, 0.15) is 16.1 Å². The van der Waals surface area contributed by atoms with Gasteiger partial charge in [0.05, 0.1) is 10.7 Å². The van der Waals surface area contributed by atoms with Crippen LogP contribution in [0.2, 0.25) is 5.02 Å². The normalized spacial score (nSPS) is 10.6. The number of aromatic nitrogens is 2. The van der Waals surface area contributed by atoms with Crippen molar-refractivity contribution in [2.24, 2.45) is 0 Å². The molecule has 2 aromatic carbocycles. The van der Waals surface area contributed by atoms with Crippen molar-refractivity contribution in [3.8, 4) is 11.3 Å². The molecular weight excluding hydrogens is 402 g/mol. The van der Waals surface area contributed by atoms with Crippen molar-refractivity contribution >= 4 is 23.4 Å². The van der Waals surface area contributed by atoms with Crippen molar-refractivity contribution in [3.05, 3.63) is 76.4 Å². The standard InChI is InChI=1S/C20H17ClF2N4O2/c1-24-20(29)18-9-17(13-5-6-15(21)16(23)8-13)26-27(18)11-19(28)25-10-12-3-2-4-14(22)7-12/h2-9H,10-11H2,1H3,(H,24,29)(H,25,28). The van der Waals surface area contributed by atoms with Crippen LogP contribution in [0.3, 0.4) is 0 Å². The Morgan fingerprint density at radius 1 is 1.14 bits per heavy atom. The monoisotopic (exact) mass is 418 g/mol. The van der Waals surface area contributed by atoms with E-state index >= 15 is 0 Å². The van der Waals surface area contributed by atoms with Crippen LogP contribution in [0.4, 0.5) is 8.78 Å². The van der Waals surface area contributed by atoms with Crippen LogP contribution in [-0.4, -0.2) is 28.6 Å². The first-order valence-corrected chi connectivity index (χ1v) is 9.01. The van der Waals surface area contributed by atoms with Crippen LogP contribution in [0, 0.1) is 11.6 Å². The SMILES string of the molecule is CNC(=O)c1cc(-c2ccc(Cl)c(F)c2)nn1CC(=O)NCc1cccc(F)c1. The molecule has 0 fully saturated rings. The minimum absolute atomic E-state index is 0.0311. The van der Waals surface area contributed by atoms with E-state index in [1.54, 1.807) is 18.2 Å². The zero-order valence-corrected chi connectivity index (χ0v) is 16.1. The molecule has 2 amide bonds. The van der Waals surface area contributed by atoms with Crippen molar-refractivity contribution in [1.29, 1.82) is 0 Å². The third-order valence-electron chi connectivity index (χ3n) is 4.13. The Bertz CT molecular complexity index is 1070. The zero-order valence-electron chi connectivity index (χ0n) is 15.4. The highest BCUT2D eigenvalue weighted by Crippen LogP contribution is 2.24.